The van der Waals surface area contributed by atoms with Crippen LogP contribution in [0.5, 0.6) is 0 Å². The molecule has 1 fully saturated rings. The van der Waals surface area contributed by atoms with E-state index in [4.69, 9.17) is 4.74 Å². The van der Waals surface area contributed by atoms with Gasteiger partial charge in [0.25, 0.3) is 0 Å². The second kappa shape index (κ2) is 7.32. The van der Waals surface area contributed by atoms with Gasteiger partial charge in [0.1, 0.15) is 5.60 Å². The highest BCUT2D eigenvalue weighted by atomic mass is 79.9. The van der Waals surface area contributed by atoms with Crippen LogP contribution in [0, 0.1) is 5.92 Å². The van der Waals surface area contributed by atoms with Crippen molar-refractivity contribution in [3.8, 4) is 0 Å². The Morgan fingerprint density at radius 1 is 1.47 bits per heavy atom. The zero-order valence-electron chi connectivity index (χ0n) is 12.4. The largest absolute Gasteiger partial charge is 0.444 e. The lowest BCUT2D eigenvalue weighted by Crippen LogP contribution is -2.42. The van der Waals surface area contributed by atoms with Gasteiger partial charge in [0, 0.05) is 18.4 Å². The molecule has 0 aliphatic carbocycles. The van der Waals surface area contributed by atoms with Crippen molar-refractivity contribution in [2.24, 2.45) is 5.92 Å². The first-order valence-corrected chi connectivity index (χ1v) is 8.14. The lowest BCUT2D eigenvalue weighted by Gasteiger charge is -2.34. The Kier molecular flexibility index (Phi) is 6.37. The molecule has 0 aromatic rings. The molecule has 19 heavy (non-hydrogen) atoms. The van der Waals surface area contributed by atoms with E-state index in [0.29, 0.717) is 5.92 Å². The number of allylic oxidation sites excluding steroid dienone is 1. The summed E-state index contributed by atoms with van der Waals surface area (Å²) >= 11 is 3.42. The van der Waals surface area contributed by atoms with Crippen LogP contribution in [0.2, 0.25) is 0 Å². The number of piperidine rings is 1. The summed E-state index contributed by atoms with van der Waals surface area (Å²) in [6.45, 7) is 11.4. The number of likely N-dealkylation sites (tertiary alicyclic amines) is 1. The smallest absolute Gasteiger partial charge is 0.410 e. The van der Waals surface area contributed by atoms with Gasteiger partial charge in [-0.25, -0.2) is 4.79 Å². The standard InChI is InChI=1S/C15H26BrNO2/c1-12(10-16)7-8-13-6-5-9-17(11-13)14(18)19-15(2,3)4/h13H,1,5-11H2,2-4H3. The Balaban J connectivity index is 2.41. The molecule has 1 amide bonds. The van der Waals surface area contributed by atoms with Gasteiger partial charge >= 0.3 is 6.09 Å². The summed E-state index contributed by atoms with van der Waals surface area (Å²) in [6.07, 6.45) is 4.26. The van der Waals surface area contributed by atoms with E-state index in [1.165, 1.54) is 12.0 Å². The zero-order valence-corrected chi connectivity index (χ0v) is 14.0. The molecule has 1 rings (SSSR count). The van der Waals surface area contributed by atoms with Crippen LogP contribution in [0.3, 0.4) is 0 Å². The van der Waals surface area contributed by atoms with E-state index in [1.54, 1.807) is 0 Å². The number of alkyl halides is 1. The molecule has 0 N–H and O–H groups in total. The zero-order chi connectivity index (χ0) is 14.5. The lowest BCUT2D eigenvalue weighted by atomic mass is 9.92. The summed E-state index contributed by atoms with van der Waals surface area (Å²) in [4.78, 5) is 13.9. The van der Waals surface area contributed by atoms with E-state index >= 15 is 0 Å². The highest BCUT2D eigenvalue weighted by Crippen LogP contribution is 2.24. The number of carbonyl (C=O) groups excluding carboxylic acids is 1. The van der Waals surface area contributed by atoms with Crippen molar-refractivity contribution in [1.82, 2.24) is 4.90 Å². The molecule has 1 aliphatic rings. The summed E-state index contributed by atoms with van der Waals surface area (Å²) in [7, 11) is 0. The highest BCUT2D eigenvalue weighted by molar-refractivity contribution is 9.09. The summed E-state index contributed by atoms with van der Waals surface area (Å²) in [6, 6.07) is 0. The van der Waals surface area contributed by atoms with Crippen LogP contribution < -0.4 is 0 Å². The fourth-order valence-corrected chi connectivity index (χ4v) is 2.55. The average molecular weight is 332 g/mol. The van der Waals surface area contributed by atoms with Crippen LogP contribution >= 0.6 is 15.9 Å². The van der Waals surface area contributed by atoms with Crippen molar-refractivity contribution in [2.75, 3.05) is 18.4 Å². The number of hydrogen-bond acceptors (Lipinski definition) is 2. The maximum atomic E-state index is 12.0. The van der Waals surface area contributed by atoms with Gasteiger partial charge in [0.05, 0.1) is 0 Å². The van der Waals surface area contributed by atoms with Gasteiger partial charge in [0.15, 0.2) is 0 Å². The Morgan fingerprint density at radius 3 is 2.74 bits per heavy atom. The summed E-state index contributed by atoms with van der Waals surface area (Å²) < 4.78 is 5.43. The van der Waals surface area contributed by atoms with Crippen molar-refractivity contribution in [3.05, 3.63) is 12.2 Å². The quantitative estimate of drug-likeness (QED) is 0.565. The van der Waals surface area contributed by atoms with Crippen LogP contribution in [0.25, 0.3) is 0 Å². The normalized spacial score (nSPS) is 20.2. The second-order valence-electron chi connectivity index (χ2n) is 6.36. The Hall–Kier alpha value is -0.510. The molecule has 3 nitrogen and oxygen atoms in total. The molecule has 110 valence electrons. The lowest BCUT2D eigenvalue weighted by molar-refractivity contribution is 0.0162. The minimum Gasteiger partial charge on any atom is -0.444 e. The molecule has 0 bridgehead atoms. The third kappa shape index (κ3) is 6.46. The third-order valence-corrected chi connectivity index (χ3v) is 4.06. The predicted octanol–water partition coefficient (Wildman–Crippen LogP) is 4.36. The number of amides is 1. The first kappa shape index (κ1) is 16.5. The van der Waals surface area contributed by atoms with Crippen molar-refractivity contribution < 1.29 is 9.53 Å². The molecular weight excluding hydrogens is 306 g/mol. The topological polar surface area (TPSA) is 29.5 Å². The molecule has 0 spiro atoms. The van der Waals surface area contributed by atoms with Crippen molar-refractivity contribution in [3.63, 3.8) is 0 Å². The molecule has 1 saturated heterocycles. The molecule has 1 heterocycles. The monoisotopic (exact) mass is 331 g/mol. The van der Waals surface area contributed by atoms with Gasteiger partial charge in [-0.05, 0) is 52.4 Å². The predicted molar refractivity (Wildman–Crippen MR) is 82.7 cm³/mol. The van der Waals surface area contributed by atoms with E-state index in [2.05, 4.69) is 22.5 Å². The van der Waals surface area contributed by atoms with Crippen molar-refractivity contribution >= 4 is 22.0 Å². The van der Waals surface area contributed by atoms with Crippen LogP contribution in [0.1, 0.15) is 46.5 Å². The number of halogens is 1. The number of nitrogens with zero attached hydrogens (tertiary/aromatic N) is 1. The number of hydrogen-bond donors (Lipinski definition) is 0. The average Bonchev–Trinajstić information content (AvgIpc) is 2.34. The molecule has 1 atom stereocenters. The van der Waals surface area contributed by atoms with Crippen molar-refractivity contribution in [2.45, 2.75) is 52.1 Å². The van der Waals surface area contributed by atoms with Gasteiger partial charge < -0.3 is 9.64 Å². The maximum absolute atomic E-state index is 12.0. The molecule has 1 unspecified atom stereocenters. The number of rotatable bonds is 4. The SMILES string of the molecule is C=C(CBr)CCC1CCCN(C(=O)OC(C)(C)C)C1. The molecule has 1 aliphatic heterocycles. The molecule has 0 aromatic heterocycles. The van der Waals surface area contributed by atoms with Gasteiger partial charge in [0.2, 0.25) is 0 Å². The fraction of sp³-hybridized carbons (Fsp3) is 0.800. The summed E-state index contributed by atoms with van der Waals surface area (Å²) in [5.74, 6) is 0.581. The van der Waals surface area contributed by atoms with Crippen LogP contribution in [-0.2, 0) is 4.74 Å². The number of carbonyl (C=O) groups is 1. The van der Waals surface area contributed by atoms with Crippen LogP contribution in [-0.4, -0.2) is 35.0 Å². The molecule has 0 radical (unpaired) electrons. The second-order valence-corrected chi connectivity index (χ2v) is 6.92. The maximum Gasteiger partial charge on any atom is 0.410 e. The molecule has 0 aromatic carbocycles. The summed E-state index contributed by atoms with van der Waals surface area (Å²) in [5, 5.41) is 0.871. The van der Waals surface area contributed by atoms with E-state index in [0.717, 1.165) is 37.7 Å². The minimum absolute atomic E-state index is 0.170. The Bertz CT molecular complexity index is 323. The van der Waals surface area contributed by atoms with E-state index < -0.39 is 5.60 Å². The number of ether oxygens (including phenoxy) is 1. The van der Waals surface area contributed by atoms with E-state index in [-0.39, 0.29) is 6.09 Å². The fourth-order valence-electron chi connectivity index (χ4n) is 2.27. The molecule has 0 saturated carbocycles. The van der Waals surface area contributed by atoms with E-state index in [9.17, 15) is 4.79 Å². The highest BCUT2D eigenvalue weighted by Gasteiger charge is 2.27. The van der Waals surface area contributed by atoms with Gasteiger partial charge in [-0.15, -0.1) is 0 Å². The van der Waals surface area contributed by atoms with Crippen LogP contribution in [0.4, 0.5) is 4.79 Å². The summed E-state index contributed by atoms with van der Waals surface area (Å²) in [5.41, 5.74) is 0.822. The molecular formula is C15H26BrNO2. The van der Waals surface area contributed by atoms with Crippen LogP contribution in [0.15, 0.2) is 12.2 Å². The first-order chi connectivity index (χ1) is 8.81. The van der Waals surface area contributed by atoms with Gasteiger partial charge in [-0.3, -0.25) is 0 Å². The van der Waals surface area contributed by atoms with Gasteiger partial charge in [-0.2, -0.15) is 0 Å². The third-order valence-electron chi connectivity index (χ3n) is 3.27. The first-order valence-electron chi connectivity index (χ1n) is 7.02. The Labute approximate surface area is 125 Å². The minimum atomic E-state index is -0.408. The van der Waals surface area contributed by atoms with Crippen molar-refractivity contribution in [1.29, 1.82) is 0 Å². The van der Waals surface area contributed by atoms with E-state index in [1.807, 2.05) is 25.7 Å². The molecule has 4 heteroatoms. The van der Waals surface area contributed by atoms with Gasteiger partial charge in [-0.1, -0.05) is 28.1 Å². The Morgan fingerprint density at radius 2 is 2.16 bits per heavy atom.